The third kappa shape index (κ3) is 1.64. The highest BCUT2D eigenvalue weighted by molar-refractivity contribution is 5.24. The predicted octanol–water partition coefficient (Wildman–Crippen LogP) is 2.05. The summed E-state index contributed by atoms with van der Waals surface area (Å²) in [5.41, 5.74) is 1.65. The maximum absolute atomic E-state index is 12.2. The van der Waals surface area contributed by atoms with Crippen LogP contribution in [-0.4, -0.2) is 14.8 Å². The van der Waals surface area contributed by atoms with Crippen LogP contribution < -0.4 is 0 Å². The molecule has 0 bridgehead atoms. The molecule has 14 heavy (non-hydrogen) atoms. The van der Waals surface area contributed by atoms with Crippen molar-refractivity contribution >= 4 is 0 Å². The number of rotatable bonds is 2. The lowest BCUT2D eigenvalue weighted by atomic mass is 10.3. The topological polar surface area (TPSA) is 30.7 Å². The normalized spacial score (nSPS) is 10.4. The van der Waals surface area contributed by atoms with Gasteiger partial charge in [0, 0.05) is 18.0 Å². The summed E-state index contributed by atoms with van der Waals surface area (Å²) >= 11 is 0. The number of halogens is 1. The molecule has 0 amide bonds. The Labute approximate surface area is 81.2 Å². The lowest BCUT2D eigenvalue weighted by Crippen LogP contribution is -1.97. The van der Waals surface area contributed by atoms with Gasteiger partial charge in [0.05, 0.1) is 6.20 Å². The fourth-order valence-electron chi connectivity index (χ4n) is 1.15. The van der Waals surface area contributed by atoms with Gasteiger partial charge in [-0.25, -0.2) is 14.1 Å². The molecule has 0 unspecified atom stereocenters. The molecule has 0 aliphatic carbocycles. The van der Waals surface area contributed by atoms with E-state index in [0.717, 1.165) is 5.56 Å². The average Bonchev–Trinajstić information content (AvgIpc) is 2.67. The molecule has 0 fully saturated rings. The van der Waals surface area contributed by atoms with Crippen LogP contribution in [0.25, 0.3) is 5.82 Å². The van der Waals surface area contributed by atoms with E-state index >= 15 is 0 Å². The third-order valence-corrected chi connectivity index (χ3v) is 1.92. The van der Waals surface area contributed by atoms with Gasteiger partial charge in [-0.3, -0.25) is 0 Å². The highest BCUT2D eigenvalue weighted by Gasteiger charge is 2.00. The van der Waals surface area contributed by atoms with Crippen LogP contribution in [0.15, 0.2) is 30.7 Å². The Morgan fingerprint density at radius 1 is 1.36 bits per heavy atom. The zero-order chi connectivity index (χ0) is 9.97. The van der Waals surface area contributed by atoms with E-state index < -0.39 is 6.67 Å². The number of aromatic nitrogens is 3. The van der Waals surface area contributed by atoms with Crippen molar-refractivity contribution in [1.82, 2.24) is 14.8 Å². The highest BCUT2D eigenvalue weighted by Crippen LogP contribution is 2.06. The summed E-state index contributed by atoms with van der Waals surface area (Å²) in [7, 11) is 0. The molecule has 0 aromatic carbocycles. The molecule has 4 heteroatoms. The first-order valence-corrected chi connectivity index (χ1v) is 4.32. The summed E-state index contributed by atoms with van der Waals surface area (Å²) in [6.07, 6.45) is 4.89. The first-order valence-electron chi connectivity index (χ1n) is 4.32. The summed E-state index contributed by atoms with van der Waals surface area (Å²) in [6, 6.07) is 3.80. The summed E-state index contributed by atoms with van der Waals surface area (Å²) in [5, 5.41) is 4.00. The molecule has 2 aromatic rings. The molecule has 2 heterocycles. The van der Waals surface area contributed by atoms with Crippen molar-refractivity contribution in [3.05, 3.63) is 41.9 Å². The van der Waals surface area contributed by atoms with Crippen LogP contribution in [0.4, 0.5) is 4.39 Å². The summed E-state index contributed by atoms with van der Waals surface area (Å²) in [6.45, 7) is 1.47. The van der Waals surface area contributed by atoms with Crippen LogP contribution in [0.1, 0.15) is 11.1 Å². The van der Waals surface area contributed by atoms with Crippen molar-refractivity contribution < 1.29 is 4.39 Å². The molecule has 72 valence electrons. The standard InChI is InChI=1S/C10H10FN3/c1-8-2-3-10(12-5-8)14-7-9(4-11)6-13-14/h2-3,5-7H,4H2,1H3. The second-order valence-electron chi connectivity index (χ2n) is 3.12. The van der Waals surface area contributed by atoms with Gasteiger partial charge in [-0.05, 0) is 18.6 Å². The van der Waals surface area contributed by atoms with Crippen molar-refractivity contribution in [3.63, 3.8) is 0 Å². The Balaban J connectivity index is 2.34. The van der Waals surface area contributed by atoms with Crippen LogP contribution in [0, 0.1) is 6.92 Å². The molecule has 0 atom stereocenters. The largest absolute Gasteiger partial charge is 0.246 e. The fourth-order valence-corrected chi connectivity index (χ4v) is 1.15. The zero-order valence-corrected chi connectivity index (χ0v) is 7.81. The van der Waals surface area contributed by atoms with E-state index in [1.807, 2.05) is 19.1 Å². The van der Waals surface area contributed by atoms with Crippen molar-refractivity contribution in [1.29, 1.82) is 0 Å². The number of aryl methyl sites for hydroxylation is 1. The van der Waals surface area contributed by atoms with Gasteiger partial charge in [-0.15, -0.1) is 0 Å². The summed E-state index contributed by atoms with van der Waals surface area (Å²) in [5.74, 6) is 0.704. The van der Waals surface area contributed by atoms with Crippen molar-refractivity contribution in [3.8, 4) is 5.82 Å². The van der Waals surface area contributed by atoms with E-state index in [1.165, 1.54) is 6.20 Å². The van der Waals surface area contributed by atoms with Crippen LogP contribution in [-0.2, 0) is 6.67 Å². The SMILES string of the molecule is Cc1ccc(-n2cc(CF)cn2)nc1. The molecule has 0 saturated carbocycles. The van der Waals surface area contributed by atoms with Crippen LogP contribution in [0.2, 0.25) is 0 Å². The smallest absolute Gasteiger partial charge is 0.153 e. The number of nitrogens with zero attached hydrogens (tertiary/aromatic N) is 3. The molecular formula is C10H10FN3. The number of alkyl halides is 1. The quantitative estimate of drug-likeness (QED) is 0.727. The molecule has 0 radical (unpaired) electrons. The van der Waals surface area contributed by atoms with Gasteiger partial charge in [0.15, 0.2) is 5.82 Å². The van der Waals surface area contributed by atoms with Crippen molar-refractivity contribution in [2.75, 3.05) is 0 Å². The number of hydrogen-bond donors (Lipinski definition) is 0. The van der Waals surface area contributed by atoms with E-state index in [2.05, 4.69) is 10.1 Å². The number of hydrogen-bond acceptors (Lipinski definition) is 2. The van der Waals surface area contributed by atoms with Crippen LogP contribution in [0.5, 0.6) is 0 Å². The van der Waals surface area contributed by atoms with Gasteiger partial charge in [-0.2, -0.15) is 5.10 Å². The van der Waals surface area contributed by atoms with Gasteiger partial charge in [0.25, 0.3) is 0 Å². The van der Waals surface area contributed by atoms with Gasteiger partial charge in [-0.1, -0.05) is 6.07 Å². The maximum Gasteiger partial charge on any atom is 0.153 e. The van der Waals surface area contributed by atoms with Crippen LogP contribution >= 0.6 is 0 Å². The van der Waals surface area contributed by atoms with E-state index in [4.69, 9.17) is 0 Å². The minimum Gasteiger partial charge on any atom is -0.246 e. The van der Waals surface area contributed by atoms with E-state index in [1.54, 1.807) is 17.1 Å². The first-order chi connectivity index (χ1) is 6.79. The minimum absolute atomic E-state index is 0.494. The Bertz CT molecular complexity index is 419. The molecule has 0 aliphatic rings. The van der Waals surface area contributed by atoms with Gasteiger partial charge in [0.2, 0.25) is 0 Å². The zero-order valence-electron chi connectivity index (χ0n) is 7.81. The van der Waals surface area contributed by atoms with E-state index in [-0.39, 0.29) is 0 Å². The second kappa shape index (κ2) is 3.57. The molecule has 0 spiro atoms. The summed E-state index contributed by atoms with van der Waals surface area (Å²) in [4.78, 5) is 4.17. The first kappa shape index (κ1) is 8.87. The lowest BCUT2D eigenvalue weighted by molar-refractivity contribution is 0.485. The Morgan fingerprint density at radius 3 is 2.79 bits per heavy atom. The van der Waals surface area contributed by atoms with Crippen molar-refractivity contribution in [2.24, 2.45) is 0 Å². The highest BCUT2D eigenvalue weighted by atomic mass is 19.1. The van der Waals surface area contributed by atoms with Gasteiger partial charge < -0.3 is 0 Å². The molecule has 3 nitrogen and oxygen atoms in total. The molecule has 2 rings (SSSR count). The third-order valence-electron chi connectivity index (χ3n) is 1.92. The lowest BCUT2D eigenvalue weighted by Gasteiger charge is -1.99. The molecule has 0 N–H and O–H groups in total. The second-order valence-corrected chi connectivity index (χ2v) is 3.12. The van der Waals surface area contributed by atoms with E-state index in [0.29, 0.717) is 11.4 Å². The minimum atomic E-state index is -0.494. The monoisotopic (exact) mass is 191 g/mol. The molecular weight excluding hydrogens is 181 g/mol. The molecule has 0 aliphatic heterocycles. The Morgan fingerprint density at radius 2 is 2.21 bits per heavy atom. The maximum atomic E-state index is 12.2. The van der Waals surface area contributed by atoms with Gasteiger partial charge in [0.1, 0.15) is 6.67 Å². The van der Waals surface area contributed by atoms with Gasteiger partial charge >= 0.3 is 0 Å². The number of pyridine rings is 1. The fraction of sp³-hybridized carbons (Fsp3) is 0.200. The predicted molar refractivity (Wildman–Crippen MR) is 50.9 cm³/mol. The van der Waals surface area contributed by atoms with Crippen LogP contribution in [0.3, 0.4) is 0 Å². The summed E-state index contributed by atoms with van der Waals surface area (Å²) < 4.78 is 13.8. The average molecular weight is 191 g/mol. The Kier molecular flexibility index (Phi) is 2.26. The Hall–Kier alpha value is -1.71. The van der Waals surface area contributed by atoms with E-state index in [9.17, 15) is 4.39 Å². The molecule has 2 aromatic heterocycles. The van der Waals surface area contributed by atoms with Crippen molar-refractivity contribution in [2.45, 2.75) is 13.6 Å². The molecule has 0 saturated heterocycles.